The van der Waals surface area contributed by atoms with Gasteiger partial charge in [-0.15, -0.1) is 0 Å². The molecule has 0 radical (unpaired) electrons. The van der Waals surface area contributed by atoms with E-state index in [2.05, 4.69) is 29.2 Å². The quantitative estimate of drug-likeness (QED) is 0.915. The molecule has 3 rings (SSSR count). The van der Waals surface area contributed by atoms with Crippen LogP contribution in [0.2, 0.25) is 0 Å². The van der Waals surface area contributed by atoms with Gasteiger partial charge >= 0.3 is 0 Å². The van der Waals surface area contributed by atoms with Gasteiger partial charge in [-0.2, -0.15) is 0 Å². The molecule has 19 heavy (non-hydrogen) atoms. The third-order valence-corrected chi connectivity index (χ3v) is 3.76. The molecular weight excluding hydrogens is 239 g/mol. The first-order valence-electron chi connectivity index (χ1n) is 6.54. The third-order valence-electron chi connectivity index (χ3n) is 3.76. The van der Waals surface area contributed by atoms with Crippen molar-refractivity contribution in [2.24, 2.45) is 5.73 Å². The number of halogens is 1. The van der Waals surface area contributed by atoms with Crippen molar-refractivity contribution in [3.8, 4) is 0 Å². The summed E-state index contributed by atoms with van der Waals surface area (Å²) in [5.41, 5.74) is 9.55. The van der Waals surface area contributed by atoms with Crippen LogP contribution in [0.4, 0.5) is 4.39 Å². The average molecular weight is 256 g/mol. The summed E-state index contributed by atoms with van der Waals surface area (Å²) < 4.78 is 13.4. The normalized spacial score (nSPS) is 16.3. The van der Waals surface area contributed by atoms with Crippen LogP contribution in [0.5, 0.6) is 0 Å². The fourth-order valence-corrected chi connectivity index (χ4v) is 2.79. The maximum Gasteiger partial charge on any atom is 0.123 e. The lowest BCUT2D eigenvalue weighted by Crippen LogP contribution is -2.29. The predicted molar refractivity (Wildman–Crippen MR) is 73.9 cm³/mol. The summed E-state index contributed by atoms with van der Waals surface area (Å²) in [7, 11) is 0. The molecular formula is C16H17FN2. The van der Waals surface area contributed by atoms with E-state index in [9.17, 15) is 4.39 Å². The van der Waals surface area contributed by atoms with Crippen molar-refractivity contribution in [2.45, 2.75) is 19.1 Å². The molecule has 1 atom stereocenters. The predicted octanol–water partition coefficient (Wildman–Crippen LogP) is 2.84. The standard InChI is InChI=1S/C16H17FN2/c17-15-7-3-6-12(8-15)16(9-18)19-10-13-4-1-2-5-14(13)11-19/h1-8,16H,9-11,18H2. The molecule has 2 N–H and O–H groups in total. The topological polar surface area (TPSA) is 29.3 Å². The molecule has 0 saturated carbocycles. The smallest absolute Gasteiger partial charge is 0.123 e. The van der Waals surface area contributed by atoms with E-state index < -0.39 is 0 Å². The Morgan fingerprint density at radius 2 is 1.74 bits per heavy atom. The Morgan fingerprint density at radius 3 is 2.32 bits per heavy atom. The number of hydrogen-bond acceptors (Lipinski definition) is 2. The zero-order valence-corrected chi connectivity index (χ0v) is 10.7. The molecule has 0 fully saturated rings. The minimum Gasteiger partial charge on any atom is -0.329 e. The van der Waals surface area contributed by atoms with Crippen LogP contribution < -0.4 is 5.73 Å². The van der Waals surface area contributed by atoms with Gasteiger partial charge in [0.2, 0.25) is 0 Å². The van der Waals surface area contributed by atoms with Crippen molar-refractivity contribution in [3.05, 3.63) is 71.0 Å². The van der Waals surface area contributed by atoms with E-state index in [0.717, 1.165) is 18.7 Å². The van der Waals surface area contributed by atoms with E-state index in [4.69, 9.17) is 5.73 Å². The third kappa shape index (κ3) is 2.39. The Bertz CT molecular complexity index is 557. The maximum atomic E-state index is 13.4. The van der Waals surface area contributed by atoms with E-state index >= 15 is 0 Å². The molecule has 98 valence electrons. The Morgan fingerprint density at radius 1 is 1.05 bits per heavy atom. The zero-order valence-electron chi connectivity index (χ0n) is 10.7. The van der Waals surface area contributed by atoms with Gasteiger partial charge in [0.05, 0.1) is 0 Å². The molecule has 1 heterocycles. The highest BCUT2D eigenvalue weighted by molar-refractivity contribution is 5.31. The van der Waals surface area contributed by atoms with Crippen LogP contribution >= 0.6 is 0 Å². The summed E-state index contributed by atoms with van der Waals surface area (Å²) in [6, 6.07) is 15.2. The van der Waals surface area contributed by atoms with Crippen LogP contribution in [-0.2, 0) is 13.1 Å². The SMILES string of the molecule is NCC(c1cccc(F)c1)N1Cc2ccccc2C1. The molecule has 0 amide bonds. The fourth-order valence-electron chi connectivity index (χ4n) is 2.79. The van der Waals surface area contributed by atoms with E-state index in [0.29, 0.717) is 6.54 Å². The molecule has 1 aliphatic rings. The average Bonchev–Trinajstić information content (AvgIpc) is 2.83. The van der Waals surface area contributed by atoms with Crippen LogP contribution in [0.15, 0.2) is 48.5 Å². The van der Waals surface area contributed by atoms with Crippen molar-refractivity contribution in [2.75, 3.05) is 6.54 Å². The number of nitrogens with two attached hydrogens (primary N) is 1. The number of fused-ring (bicyclic) bond motifs is 1. The number of benzene rings is 2. The monoisotopic (exact) mass is 256 g/mol. The highest BCUT2D eigenvalue weighted by atomic mass is 19.1. The van der Waals surface area contributed by atoms with Crippen molar-refractivity contribution >= 4 is 0 Å². The maximum absolute atomic E-state index is 13.4. The Labute approximate surface area is 112 Å². The Hall–Kier alpha value is -1.71. The summed E-state index contributed by atoms with van der Waals surface area (Å²) in [6.07, 6.45) is 0. The fraction of sp³-hybridized carbons (Fsp3) is 0.250. The first-order valence-corrected chi connectivity index (χ1v) is 6.54. The van der Waals surface area contributed by atoms with Crippen molar-refractivity contribution in [1.82, 2.24) is 4.90 Å². The number of rotatable bonds is 3. The van der Waals surface area contributed by atoms with Gasteiger partial charge in [-0.1, -0.05) is 36.4 Å². The number of hydrogen-bond donors (Lipinski definition) is 1. The molecule has 2 nitrogen and oxygen atoms in total. The summed E-state index contributed by atoms with van der Waals surface area (Å²) in [4.78, 5) is 2.31. The van der Waals surface area contributed by atoms with Crippen LogP contribution in [0.25, 0.3) is 0 Å². The second-order valence-electron chi connectivity index (χ2n) is 4.98. The molecule has 2 aromatic carbocycles. The zero-order chi connectivity index (χ0) is 13.2. The molecule has 0 bridgehead atoms. The van der Waals surface area contributed by atoms with Crippen LogP contribution in [0, 0.1) is 5.82 Å². The highest BCUT2D eigenvalue weighted by Gasteiger charge is 2.25. The Kier molecular flexibility index (Phi) is 3.32. The van der Waals surface area contributed by atoms with Crippen molar-refractivity contribution in [3.63, 3.8) is 0 Å². The van der Waals surface area contributed by atoms with E-state index in [1.165, 1.54) is 17.2 Å². The highest BCUT2D eigenvalue weighted by Crippen LogP contribution is 2.30. The molecule has 0 spiro atoms. The lowest BCUT2D eigenvalue weighted by atomic mass is 10.1. The van der Waals surface area contributed by atoms with E-state index in [-0.39, 0.29) is 11.9 Å². The molecule has 2 aromatic rings. The molecule has 1 unspecified atom stereocenters. The van der Waals surface area contributed by atoms with Crippen molar-refractivity contribution in [1.29, 1.82) is 0 Å². The lowest BCUT2D eigenvalue weighted by molar-refractivity contribution is 0.205. The summed E-state index contributed by atoms with van der Waals surface area (Å²) >= 11 is 0. The molecule has 1 aliphatic heterocycles. The molecule has 3 heteroatoms. The van der Waals surface area contributed by atoms with Crippen LogP contribution in [0.1, 0.15) is 22.7 Å². The minimum atomic E-state index is -0.201. The summed E-state index contributed by atoms with van der Waals surface area (Å²) in [5.74, 6) is -0.201. The van der Waals surface area contributed by atoms with Gasteiger partial charge in [-0.3, -0.25) is 4.90 Å². The van der Waals surface area contributed by atoms with E-state index in [1.807, 2.05) is 6.07 Å². The first-order chi connectivity index (χ1) is 9.28. The van der Waals surface area contributed by atoms with Gasteiger partial charge in [0.25, 0.3) is 0 Å². The van der Waals surface area contributed by atoms with Gasteiger partial charge in [0.15, 0.2) is 0 Å². The lowest BCUT2D eigenvalue weighted by Gasteiger charge is -2.26. The Balaban J connectivity index is 1.86. The first kappa shape index (κ1) is 12.3. The molecule has 0 aliphatic carbocycles. The molecule has 0 aromatic heterocycles. The van der Waals surface area contributed by atoms with Gasteiger partial charge in [-0.25, -0.2) is 4.39 Å². The second-order valence-corrected chi connectivity index (χ2v) is 4.98. The van der Waals surface area contributed by atoms with Gasteiger partial charge < -0.3 is 5.73 Å². The summed E-state index contributed by atoms with van der Waals surface area (Å²) in [6.45, 7) is 2.26. The van der Waals surface area contributed by atoms with Gasteiger partial charge in [0, 0.05) is 25.7 Å². The van der Waals surface area contributed by atoms with Crippen molar-refractivity contribution < 1.29 is 4.39 Å². The van der Waals surface area contributed by atoms with Crippen LogP contribution in [-0.4, -0.2) is 11.4 Å². The summed E-state index contributed by atoms with van der Waals surface area (Å²) in [5, 5.41) is 0. The second kappa shape index (κ2) is 5.11. The van der Waals surface area contributed by atoms with Crippen LogP contribution in [0.3, 0.4) is 0 Å². The molecule has 0 saturated heterocycles. The largest absolute Gasteiger partial charge is 0.329 e. The number of nitrogens with zero attached hydrogens (tertiary/aromatic N) is 1. The minimum absolute atomic E-state index is 0.0723. The van der Waals surface area contributed by atoms with E-state index in [1.54, 1.807) is 12.1 Å². The van der Waals surface area contributed by atoms with Gasteiger partial charge in [0.1, 0.15) is 5.82 Å². The van der Waals surface area contributed by atoms with Gasteiger partial charge in [-0.05, 0) is 28.8 Å².